The van der Waals surface area contributed by atoms with Crippen LogP contribution in [-0.4, -0.2) is 29.9 Å². The quantitative estimate of drug-likeness (QED) is 0.429. The molecule has 1 aromatic carbocycles. The summed E-state index contributed by atoms with van der Waals surface area (Å²) in [5.74, 6) is -0.503. The van der Waals surface area contributed by atoms with Crippen molar-refractivity contribution in [2.24, 2.45) is 5.41 Å². The van der Waals surface area contributed by atoms with Crippen molar-refractivity contribution in [3.05, 3.63) is 83.7 Å². The molecular formula is C25H24F2N6. The Hall–Kier alpha value is -3.55. The molecule has 3 aromatic heterocycles. The number of pyridine rings is 1. The lowest BCUT2D eigenvalue weighted by Gasteiger charge is -2.41. The third-order valence-corrected chi connectivity index (χ3v) is 7.39. The summed E-state index contributed by atoms with van der Waals surface area (Å²) in [6, 6.07) is 11.5. The number of nitrogens with zero attached hydrogens (tertiary/aromatic N) is 6. The number of aromatic nitrogens is 6. The molecule has 2 atom stereocenters. The summed E-state index contributed by atoms with van der Waals surface area (Å²) in [5.41, 5.74) is 1.77. The average Bonchev–Trinajstić information content (AvgIpc) is 3.39. The van der Waals surface area contributed by atoms with E-state index in [2.05, 4.69) is 48.1 Å². The zero-order chi connectivity index (χ0) is 23.4. The number of hydrogen-bond donors (Lipinski definition) is 0. The molecule has 0 saturated heterocycles. The van der Waals surface area contributed by atoms with E-state index in [9.17, 15) is 8.78 Å². The fourth-order valence-corrected chi connectivity index (χ4v) is 5.31. The molecule has 1 aliphatic carbocycles. The predicted molar refractivity (Wildman–Crippen MR) is 120 cm³/mol. The Morgan fingerprint density at radius 1 is 0.939 bits per heavy atom. The topological polar surface area (TPSA) is 69.4 Å². The maximum absolute atomic E-state index is 14.5. The van der Waals surface area contributed by atoms with Crippen molar-refractivity contribution < 1.29 is 8.78 Å². The Labute approximate surface area is 190 Å². The molecule has 0 bridgehead atoms. The van der Waals surface area contributed by atoms with Crippen LogP contribution >= 0.6 is 0 Å². The Morgan fingerprint density at radius 2 is 1.61 bits per heavy atom. The molecule has 168 valence electrons. The van der Waals surface area contributed by atoms with Gasteiger partial charge in [0, 0.05) is 0 Å². The monoisotopic (exact) mass is 446 g/mol. The third-order valence-electron chi connectivity index (χ3n) is 7.39. The van der Waals surface area contributed by atoms with E-state index in [1.807, 2.05) is 18.2 Å². The molecule has 8 heteroatoms. The standard InChI is InChI=1S/C25H24F2N6/c1-5-16-15-12-19(22-17(26)8-6-9-18(22)27)31-32-23(15)25(4,24(16,2)3)20-10-7-11-21(30-20)33-13-28-29-14-33/h6-14,16H,5H2,1-4H3/t16-,25-/m0/s1. The van der Waals surface area contributed by atoms with E-state index >= 15 is 0 Å². The number of benzene rings is 1. The maximum Gasteiger partial charge on any atom is 0.139 e. The summed E-state index contributed by atoms with van der Waals surface area (Å²) in [6.45, 7) is 8.63. The lowest BCUT2D eigenvalue weighted by molar-refractivity contribution is 0.189. The number of rotatable bonds is 4. The lowest BCUT2D eigenvalue weighted by Crippen LogP contribution is -2.40. The van der Waals surface area contributed by atoms with Gasteiger partial charge in [-0.2, -0.15) is 5.10 Å². The summed E-state index contributed by atoms with van der Waals surface area (Å²) in [7, 11) is 0. The molecule has 0 amide bonds. The van der Waals surface area contributed by atoms with Crippen molar-refractivity contribution in [3.8, 4) is 17.1 Å². The van der Waals surface area contributed by atoms with Gasteiger partial charge in [0.25, 0.3) is 0 Å². The molecule has 0 saturated carbocycles. The molecule has 0 fully saturated rings. The highest BCUT2D eigenvalue weighted by Gasteiger charge is 2.57. The molecule has 3 heterocycles. The van der Waals surface area contributed by atoms with Gasteiger partial charge in [0.2, 0.25) is 0 Å². The van der Waals surface area contributed by atoms with Gasteiger partial charge in [-0.3, -0.25) is 4.57 Å². The zero-order valence-corrected chi connectivity index (χ0v) is 18.9. The SMILES string of the molecule is CC[C@H]1c2cc(-c3c(F)cccc3F)nnc2[C@](C)(c2cccc(-n3cnnc3)n2)C1(C)C. The Balaban J connectivity index is 1.71. The molecule has 0 aliphatic heterocycles. The van der Waals surface area contributed by atoms with Crippen LogP contribution in [0.2, 0.25) is 0 Å². The minimum atomic E-state index is -0.652. The van der Waals surface area contributed by atoms with E-state index in [-0.39, 0.29) is 22.6 Å². The summed E-state index contributed by atoms with van der Waals surface area (Å²) in [5, 5.41) is 16.6. The van der Waals surface area contributed by atoms with Crippen molar-refractivity contribution in [2.45, 2.75) is 45.4 Å². The molecule has 6 nitrogen and oxygen atoms in total. The molecule has 0 spiro atoms. The van der Waals surface area contributed by atoms with Crippen LogP contribution in [0, 0.1) is 17.0 Å². The maximum atomic E-state index is 14.5. The first-order valence-corrected chi connectivity index (χ1v) is 10.9. The molecule has 0 N–H and O–H groups in total. The van der Waals surface area contributed by atoms with Crippen LogP contribution in [0.3, 0.4) is 0 Å². The molecular weight excluding hydrogens is 422 g/mol. The highest BCUT2D eigenvalue weighted by molar-refractivity contribution is 5.63. The van der Waals surface area contributed by atoms with Crippen molar-refractivity contribution in [3.63, 3.8) is 0 Å². The number of hydrogen-bond acceptors (Lipinski definition) is 5. The first kappa shape index (κ1) is 21.3. The first-order valence-electron chi connectivity index (χ1n) is 10.9. The molecule has 5 rings (SSSR count). The second-order valence-electron chi connectivity index (χ2n) is 9.19. The van der Waals surface area contributed by atoms with E-state index in [1.54, 1.807) is 23.3 Å². The Kier molecular flexibility index (Phi) is 4.84. The second kappa shape index (κ2) is 7.50. The highest BCUT2D eigenvalue weighted by Crippen LogP contribution is 2.61. The van der Waals surface area contributed by atoms with Crippen molar-refractivity contribution in [2.75, 3.05) is 0 Å². The van der Waals surface area contributed by atoms with Gasteiger partial charge >= 0.3 is 0 Å². The second-order valence-corrected chi connectivity index (χ2v) is 9.19. The minimum Gasteiger partial charge on any atom is -0.272 e. The first-order chi connectivity index (χ1) is 15.8. The highest BCUT2D eigenvalue weighted by atomic mass is 19.1. The van der Waals surface area contributed by atoms with Gasteiger partial charge in [0.15, 0.2) is 0 Å². The summed E-state index contributed by atoms with van der Waals surface area (Å²) in [4.78, 5) is 4.94. The van der Waals surface area contributed by atoms with Crippen LogP contribution in [0.15, 0.2) is 55.1 Å². The fraction of sp³-hybridized carbons (Fsp3) is 0.320. The van der Waals surface area contributed by atoms with Crippen LogP contribution in [0.25, 0.3) is 17.1 Å². The van der Waals surface area contributed by atoms with Gasteiger partial charge in [-0.05, 0) is 60.6 Å². The molecule has 1 aliphatic rings. The van der Waals surface area contributed by atoms with Gasteiger partial charge in [-0.1, -0.05) is 32.9 Å². The van der Waals surface area contributed by atoms with Crippen LogP contribution < -0.4 is 0 Å². The lowest BCUT2D eigenvalue weighted by atomic mass is 9.62. The summed E-state index contributed by atoms with van der Waals surface area (Å²) >= 11 is 0. The van der Waals surface area contributed by atoms with Gasteiger partial charge in [0.05, 0.1) is 28.1 Å². The zero-order valence-electron chi connectivity index (χ0n) is 18.9. The smallest absolute Gasteiger partial charge is 0.139 e. The molecule has 4 aromatic rings. The normalized spacial score (nSPS) is 21.2. The van der Waals surface area contributed by atoms with Crippen molar-refractivity contribution in [1.82, 2.24) is 29.9 Å². The molecule has 33 heavy (non-hydrogen) atoms. The van der Waals surface area contributed by atoms with Crippen molar-refractivity contribution >= 4 is 0 Å². The van der Waals surface area contributed by atoms with E-state index in [0.717, 1.165) is 23.4 Å². The predicted octanol–water partition coefficient (Wildman–Crippen LogP) is 5.24. The summed E-state index contributed by atoms with van der Waals surface area (Å²) in [6.07, 6.45) is 4.05. The number of halogens is 2. The third kappa shape index (κ3) is 3.00. The van der Waals surface area contributed by atoms with E-state index in [4.69, 9.17) is 4.98 Å². The number of fused-ring (bicyclic) bond motifs is 1. The van der Waals surface area contributed by atoms with Crippen LogP contribution in [0.1, 0.15) is 57.0 Å². The van der Waals surface area contributed by atoms with Gasteiger partial charge in [-0.25, -0.2) is 13.8 Å². The van der Waals surface area contributed by atoms with Gasteiger partial charge in [0.1, 0.15) is 30.1 Å². The van der Waals surface area contributed by atoms with Crippen LogP contribution in [0.5, 0.6) is 0 Å². The van der Waals surface area contributed by atoms with Crippen LogP contribution in [-0.2, 0) is 5.41 Å². The van der Waals surface area contributed by atoms with E-state index < -0.39 is 17.0 Å². The fourth-order valence-electron chi connectivity index (χ4n) is 5.31. The molecule has 0 unspecified atom stereocenters. The minimum absolute atomic E-state index is 0.0990. The van der Waals surface area contributed by atoms with Crippen LogP contribution in [0.4, 0.5) is 8.78 Å². The Bertz CT molecular complexity index is 1310. The molecule has 0 radical (unpaired) electrons. The van der Waals surface area contributed by atoms with E-state index in [0.29, 0.717) is 5.82 Å². The summed E-state index contributed by atoms with van der Waals surface area (Å²) < 4.78 is 30.7. The Morgan fingerprint density at radius 3 is 2.27 bits per heavy atom. The largest absolute Gasteiger partial charge is 0.272 e. The van der Waals surface area contributed by atoms with Crippen molar-refractivity contribution in [1.29, 1.82) is 0 Å². The van der Waals surface area contributed by atoms with Gasteiger partial charge < -0.3 is 0 Å². The van der Waals surface area contributed by atoms with E-state index in [1.165, 1.54) is 18.2 Å². The average molecular weight is 447 g/mol. The van der Waals surface area contributed by atoms with Gasteiger partial charge in [-0.15, -0.1) is 15.3 Å².